The standard InChI is InChI=1S/C20H17N3/c1-14-6-5-9-19(22-14)18-8-4-3-7-17(18)16-10-11-20-21-12-15(2)23(20)13-16/h3-13H,1-2H3. The minimum atomic E-state index is 0.970. The molecule has 0 aliphatic heterocycles. The molecule has 0 atom stereocenters. The van der Waals surface area contributed by atoms with Crippen LogP contribution in [0.5, 0.6) is 0 Å². The lowest BCUT2D eigenvalue weighted by Gasteiger charge is -2.10. The Morgan fingerprint density at radius 1 is 0.826 bits per heavy atom. The lowest BCUT2D eigenvalue weighted by atomic mass is 9.98. The van der Waals surface area contributed by atoms with E-state index in [1.807, 2.05) is 19.2 Å². The highest BCUT2D eigenvalue weighted by Crippen LogP contribution is 2.31. The zero-order valence-corrected chi connectivity index (χ0v) is 13.2. The highest BCUT2D eigenvalue weighted by Gasteiger charge is 2.09. The van der Waals surface area contributed by atoms with Crippen molar-refractivity contribution in [3.05, 3.63) is 78.4 Å². The van der Waals surface area contributed by atoms with Crippen LogP contribution in [0, 0.1) is 13.8 Å². The molecule has 4 rings (SSSR count). The Balaban J connectivity index is 1.93. The average molecular weight is 299 g/mol. The van der Waals surface area contributed by atoms with Gasteiger partial charge in [0, 0.05) is 29.3 Å². The van der Waals surface area contributed by atoms with Crippen molar-refractivity contribution in [2.24, 2.45) is 0 Å². The first kappa shape index (κ1) is 13.7. The molecule has 0 aliphatic carbocycles. The summed E-state index contributed by atoms with van der Waals surface area (Å²) in [5.74, 6) is 0. The van der Waals surface area contributed by atoms with Gasteiger partial charge in [0.1, 0.15) is 5.65 Å². The molecule has 0 N–H and O–H groups in total. The van der Waals surface area contributed by atoms with E-state index in [2.05, 4.69) is 76.0 Å². The summed E-state index contributed by atoms with van der Waals surface area (Å²) in [5.41, 5.74) is 7.62. The molecule has 3 nitrogen and oxygen atoms in total. The second-order valence-corrected chi connectivity index (χ2v) is 5.76. The first-order valence-electron chi connectivity index (χ1n) is 7.69. The van der Waals surface area contributed by atoms with Gasteiger partial charge in [-0.1, -0.05) is 30.3 Å². The third-order valence-electron chi connectivity index (χ3n) is 4.09. The van der Waals surface area contributed by atoms with Gasteiger partial charge in [0.05, 0.1) is 5.69 Å². The summed E-state index contributed by atoms with van der Waals surface area (Å²) < 4.78 is 2.12. The van der Waals surface area contributed by atoms with Crippen molar-refractivity contribution in [2.45, 2.75) is 13.8 Å². The minimum absolute atomic E-state index is 0.970. The van der Waals surface area contributed by atoms with Crippen molar-refractivity contribution >= 4 is 5.65 Å². The molecule has 4 aromatic rings. The normalized spacial score (nSPS) is 11.0. The van der Waals surface area contributed by atoms with Crippen molar-refractivity contribution in [1.82, 2.24) is 14.4 Å². The van der Waals surface area contributed by atoms with Gasteiger partial charge in [0.2, 0.25) is 0 Å². The van der Waals surface area contributed by atoms with Gasteiger partial charge in [-0.05, 0) is 49.2 Å². The number of rotatable bonds is 2. The van der Waals surface area contributed by atoms with Crippen LogP contribution >= 0.6 is 0 Å². The number of hydrogen-bond acceptors (Lipinski definition) is 2. The lowest BCUT2D eigenvalue weighted by Crippen LogP contribution is -1.92. The molecule has 0 aliphatic rings. The smallest absolute Gasteiger partial charge is 0.136 e. The van der Waals surface area contributed by atoms with Crippen molar-refractivity contribution in [2.75, 3.05) is 0 Å². The van der Waals surface area contributed by atoms with Crippen LogP contribution in [-0.4, -0.2) is 14.4 Å². The third kappa shape index (κ3) is 2.40. The van der Waals surface area contributed by atoms with E-state index in [4.69, 9.17) is 0 Å². The lowest BCUT2D eigenvalue weighted by molar-refractivity contribution is 1.11. The zero-order chi connectivity index (χ0) is 15.8. The molecule has 112 valence electrons. The zero-order valence-electron chi connectivity index (χ0n) is 13.2. The van der Waals surface area contributed by atoms with E-state index in [1.165, 1.54) is 5.56 Å². The van der Waals surface area contributed by atoms with E-state index in [9.17, 15) is 0 Å². The van der Waals surface area contributed by atoms with E-state index < -0.39 is 0 Å². The van der Waals surface area contributed by atoms with E-state index >= 15 is 0 Å². The first-order chi connectivity index (χ1) is 11.2. The maximum absolute atomic E-state index is 4.68. The van der Waals surface area contributed by atoms with Crippen LogP contribution in [0.15, 0.2) is 67.0 Å². The third-order valence-corrected chi connectivity index (χ3v) is 4.09. The van der Waals surface area contributed by atoms with Gasteiger partial charge in [-0.2, -0.15) is 0 Å². The molecule has 0 fully saturated rings. The van der Waals surface area contributed by atoms with Gasteiger partial charge in [-0.15, -0.1) is 0 Å². The highest BCUT2D eigenvalue weighted by molar-refractivity contribution is 5.82. The minimum Gasteiger partial charge on any atom is -0.304 e. The van der Waals surface area contributed by atoms with Gasteiger partial charge >= 0.3 is 0 Å². The van der Waals surface area contributed by atoms with Crippen LogP contribution in [0.2, 0.25) is 0 Å². The molecular weight excluding hydrogens is 282 g/mol. The number of aryl methyl sites for hydroxylation is 2. The molecule has 0 saturated carbocycles. The number of benzene rings is 1. The van der Waals surface area contributed by atoms with Gasteiger partial charge in [0.25, 0.3) is 0 Å². The number of nitrogens with zero attached hydrogens (tertiary/aromatic N) is 3. The largest absolute Gasteiger partial charge is 0.304 e. The Kier molecular flexibility index (Phi) is 3.19. The molecule has 3 aromatic heterocycles. The highest BCUT2D eigenvalue weighted by atomic mass is 15.0. The maximum Gasteiger partial charge on any atom is 0.136 e. The van der Waals surface area contributed by atoms with Crippen molar-refractivity contribution in [1.29, 1.82) is 0 Å². The predicted molar refractivity (Wildman–Crippen MR) is 93.3 cm³/mol. The fourth-order valence-electron chi connectivity index (χ4n) is 2.91. The summed E-state index contributed by atoms with van der Waals surface area (Å²) in [6.07, 6.45) is 4.04. The topological polar surface area (TPSA) is 30.2 Å². The first-order valence-corrected chi connectivity index (χ1v) is 7.69. The SMILES string of the molecule is Cc1cccc(-c2ccccc2-c2ccc3ncc(C)n3c2)n1. The Labute approximate surface area is 135 Å². The quantitative estimate of drug-likeness (QED) is 0.538. The summed E-state index contributed by atoms with van der Waals surface area (Å²) in [6.45, 7) is 4.09. The van der Waals surface area contributed by atoms with Gasteiger partial charge in [0.15, 0.2) is 0 Å². The summed E-state index contributed by atoms with van der Waals surface area (Å²) in [4.78, 5) is 9.08. The molecule has 0 unspecified atom stereocenters. The monoisotopic (exact) mass is 299 g/mol. The number of imidazole rings is 1. The summed E-state index contributed by atoms with van der Waals surface area (Å²) >= 11 is 0. The molecule has 0 bridgehead atoms. The maximum atomic E-state index is 4.68. The number of fused-ring (bicyclic) bond motifs is 1. The number of pyridine rings is 2. The molecule has 0 spiro atoms. The van der Waals surface area contributed by atoms with E-state index in [0.717, 1.165) is 33.9 Å². The van der Waals surface area contributed by atoms with Crippen molar-refractivity contribution in [3.8, 4) is 22.4 Å². The van der Waals surface area contributed by atoms with Crippen molar-refractivity contribution in [3.63, 3.8) is 0 Å². The van der Waals surface area contributed by atoms with E-state index in [0.29, 0.717) is 0 Å². The second kappa shape index (κ2) is 5.36. The summed E-state index contributed by atoms with van der Waals surface area (Å²) in [6, 6.07) is 18.7. The van der Waals surface area contributed by atoms with Crippen LogP contribution < -0.4 is 0 Å². The fourth-order valence-corrected chi connectivity index (χ4v) is 2.91. The van der Waals surface area contributed by atoms with E-state index in [-0.39, 0.29) is 0 Å². The van der Waals surface area contributed by atoms with Crippen LogP contribution in [0.3, 0.4) is 0 Å². The predicted octanol–water partition coefficient (Wildman–Crippen LogP) is 4.68. The Morgan fingerprint density at radius 2 is 1.65 bits per heavy atom. The Hall–Kier alpha value is -2.94. The average Bonchev–Trinajstić information content (AvgIpc) is 2.95. The molecule has 0 amide bonds. The summed E-state index contributed by atoms with van der Waals surface area (Å²) in [5, 5.41) is 0. The second-order valence-electron chi connectivity index (χ2n) is 5.76. The van der Waals surface area contributed by atoms with E-state index in [1.54, 1.807) is 0 Å². The van der Waals surface area contributed by atoms with Crippen LogP contribution in [0.25, 0.3) is 28.0 Å². The molecule has 23 heavy (non-hydrogen) atoms. The van der Waals surface area contributed by atoms with Gasteiger partial charge < -0.3 is 4.40 Å². The molecule has 0 saturated heterocycles. The molecular formula is C20H17N3. The number of aromatic nitrogens is 3. The van der Waals surface area contributed by atoms with Crippen LogP contribution in [-0.2, 0) is 0 Å². The van der Waals surface area contributed by atoms with Gasteiger partial charge in [-0.25, -0.2) is 4.98 Å². The van der Waals surface area contributed by atoms with Gasteiger partial charge in [-0.3, -0.25) is 4.98 Å². The van der Waals surface area contributed by atoms with Crippen LogP contribution in [0.1, 0.15) is 11.4 Å². The summed E-state index contributed by atoms with van der Waals surface area (Å²) in [7, 11) is 0. The molecule has 3 heteroatoms. The van der Waals surface area contributed by atoms with Crippen molar-refractivity contribution < 1.29 is 0 Å². The molecule has 1 aromatic carbocycles. The Morgan fingerprint density at radius 3 is 2.48 bits per heavy atom. The Bertz CT molecular complexity index is 999. The number of hydrogen-bond donors (Lipinski definition) is 0. The molecule has 3 heterocycles. The fraction of sp³-hybridized carbons (Fsp3) is 0.100. The molecule has 0 radical (unpaired) electrons. The van der Waals surface area contributed by atoms with Crippen LogP contribution in [0.4, 0.5) is 0 Å².